The second-order valence-electron chi connectivity index (χ2n) is 6.28. The summed E-state index contributed by atoms with van der Waals surface area (Å²) in [6, 6.07) is 5.76. The summed E-state index contributed by atoms with van der Waals surface area (Å²) in [5.74, 6) is 0.716. The first-order valence-electron chi connectivity index (χ1n) is 8.30. The minimum atomic E-state index is 0.0910. The van der Waals surface area contributed by atoms with Crippen LogP contribution in [0.3, 0.4) is 0 Å². The number of aliphatic imine (C=N–C) groups is 2. The Morgan fingerprint density at radius 1 is 1.40 bits per heavy atom. The van der Waals surface area contributed by atoms with Gasteiger partial charge in [-0.05, 0) is 55.9 Å². The van der Waals surface area contributed by atoms with Gasteiger partial charge in [0.1, 0.15) is 0 Å². The molecule has 0 saturated heterocycles. The van der Waals surface area contributed by atoms with E-state index >= 15 is 0 Å². The fourth-order valence-electron chi connectivity index (χ4n) is 3.10. The zero-order valence-electron chi connectivity index (χ0n) is 14.6. The smallest absolute Gasteiger partial charge is 0.172 e. The first-order valence-corrected chi connectivity index (χ1v) is 10.00. The Hall–Kier alpha value is -1.23. The van der Waals surface area contributed by atoms with E-state index in [1.165, 1.54) is 11.3 Å². The highest BCUT2D eigenvalue weighted by Crippen LogP contribution is 2.42. The molecule has 2 unspecified atom stereocenters. The Kier molecular flexibility index (Phi) is 5.62. The second kappa shape index (κ2) is 7.56. The van der Waals surface area contributed by atoms with Crippen LogP contribution in [0.15, 0.2) is 51.4 Å². The lowest BCUT2D eigenvalue weighted by Crippen LogP contribution is -2.41. The molecule has 0 bridgehead atoms. The predicted octanol–water partition coefficient (Wildman–Crippen LogP) is 6.55. The summed E-state index contributed by atoms with van der Waals surface area (Å²) in [6.07, 6.45) is 1.98. The summed E-state index contributed by atoms with van der Waals surface area (Å²) in [4.78, 5) is 11.4. The third-order valence-electron chi connectivity index (χ3n) is 4.58. The van der Waals surface area contributed by atoms with Crippen LogP contribution in [0.25, 0.3) is 0 Å². The third-order valence-corrected chi connectivity index (χ3v) is 5.96. The average Bonchev–Trinajstić information content (AvgIpc) is 2.57. The molecule has 0 spiro atoms. The molecular weight excluding hydrogens is 373 g/mol. The van der Waals surface area contributed by atoms with Crippen LogP contribution in [0.2, 0.25) is 5.02 Å². The van der Waals surface area contributed by atoms with Gasteiger partial charge >= 0.3 is 0 Å². The van der Waals surface area contributed by atoms with Crippen LogP contribution in [0.4, 0.5) is 11.4 Å². The van der Waals surface area contributed by atoms with Crippen LogP contribution in [-0.4, -0.2) is 22.3 Å². The largest absolute Gasteiger partial charge is 0.294 e. The van der Waals surface area contributed by atoms with Gasteiger partial charge in [0.15, 0.2) is 11.0 Å². The number of nitrogens with zero attached hydrogens (tertiary/aromatic N) is 3. The van der Waals surface area contributed by atoms with E-state index in [0.717, 1.165) is 24.2 Å². The Morgan fingerprint density at radius 2 is 2.16 bits per heavy atom. The fourth-order valence-corrected chi connectivity index (χ4v) is 4.07. The van der Waals surface area contributed by atoms with Crippen molar-refractivity contribution in [3.63, 3.8) is 0 Å². The summed E-state index contributed by atoms with van der Waals surface area (Å²) in [5.41, 5.74) is 4.27. The van der Waals surface area contributed by atoms with Crippen molar-refractivity contribution in [3.8, 4) is 0 Å². The van der Waals surface area contributed by atoms with Gasteiger partial charge in [-0.3, -0.25) is 9.89 Å². The number of allylic oxidation sites excluding steroid dienone is 1. The summed E-state index contributed by atoms with van der Waals surface area (Å²) in [5, 5.41) is 3.52. The molecule has 0 aromatic heterocycles. The minimum absolute atomic E-state index is 0.0910. The van der Waals surface area contributed by atoms with Gasteiger partial charge < -0.3 is 0 Å². The van der Waals surface area contributed by atoms with Crippen molar-refractivity contribution in [1.82, 2.24) is 0 Å². The fraction of sp³-hybridized carbons (Fsp3) is 0.368. The number of hydrogen-bond donors (Lipinski definition) is 0. The molecule has 0 amide bonds. The molecule has 3 rings (SSSR count). The first-order chi connectivity index (χ1) is 11.9. The van der Waals surface area contributed by atoms with Crippen LogP contribution in [0.5, 0.6) is 0 Å². The number of anilines is 1. The van der Waals surface area contributed by atoms with Gasteiger partial charge in [-0.2, -0.15) is 0 Å². The molecule has 0 saturated carbocycles. The van der Waals surface area contributed by atoms with Crippen LogP contribution in [0, 0.1) is 0 Å². The standard InChI is InChI=1S/C19H21Cl2N3S/c1-5-25-11(2)6-9-16-12(3)13(4)22-19-18(21)23-15-8-7-14(20)10-17(15)24(16)19/h5,7-8,10-11,13H,1,6,9H2,2-4H3. The van der Waals surface area contributed by atoms with Gasteiger partial charge in [-0.15, -0.1) is 11.8 Å². The molecular formula is C19H21Cl2N3S. The lowest BCUT2D eigenvalue weighted by molar-refractivity contribution is 0.741. The van der Waals surface area contributed by atoms with E-state index < -0.39 is 0 Å². The van der Waals surface area contributed by atoms with Crippen molar-refractivity contribution in [2.24, 2.45) is 9.98 Å². The van der Waals surface area contributed by atoms with E-state index in [-0.39, 0.29) is 6.04 Å². The zero-order chi connectivity index (χ0) is 18.1. The number of amidine groups is 1. The van der Waals surface area contributed by atoms with Crippen LogP contribution < -0.4 is 4.90 Å². The van der Waals surface area contributed by atoms with E-state index in [1.807, 2.05) is 23.6 Å². The topological polar surface area (TPSA) is 28.0 Å². The highest BCUT2D eigenvalue weighted by molar-refractivity contribution is 8.02. The number of benzene rings is 1. The summed E-state index contributed by atoms with van der Waals surface area (Å²) in [6.45, 7) is 10.3. The summed E-state index contributed by atoms with van der Waals surface area (Å²) in [7, 11) is 0. The van der Waals surface area contributed by atoms with Crippen molar-refractivity contribution >= 4 is 57.3 Å². The van der Waals surface area contributed by atoms with Gasteiger partial charge in [0.05, 0.1) is 17.4 Å². The van der Waals surface area contributed by atoms with E-state index in [1.54, 1.807) is 11.8 Å². The molecule has 2 aliphatic heterocycles. The number of halogens is 2. The number of fused-ring (bicyclic) bond motifs is 3. The molecule has 2 heterocycles. The SMILES string of the molecule is C=CSC(C)CCC1=C(C)C(C)N=C2C(Cl)=Nc3ccc(Cl)cc3N21. The Bertz CT molecular complexity index is 798. The molecule has 2 atom stereocenters. The van der Waals surface area contributed by atoms with Crippen molar-refractivity contribution in [3.05, 3.63) is 46.5 Å². The van der Waals surface area contributed by atoms with Crippen LogP contribution >= 0.6 is 35.0 Å². The molecule has 3 nitrogen and oxygen atoms in total. The van der Waals surface area contributed by atoms with Gasteiger partial charge in [0.2, 0.25) is 0 Å². The van der Waals surface area contributed by atoms with Gasteiger partial charge in [-0.25, -0.2) is 4.99 Å². The van der Waals surface area contributed by atoms with Gasteiger partial charge in [0.25, 0.3) is 0 Å². The maximum absolute atomic E-state index is 6.45. The van der Waals surface area contributed by atoms with Crippen LogP contribution in [-0.2, 0) is 0 Å². The second-order valence-corrected chi connectivity index (χ2v) is 8.49. The van der Waals surface area contributed by atoms with E-state index in [2.05, 4.69) is 37.2 Å². The highest BCUT2D eigenvalue weighted by Gasteiger charge is 2.33. The van der Waals surface area contributed by atoms with Crippen molar-refractivity contribution in [1.29, 1.82) is 0 Å². The van der Waals surface area contributed by atoms with Crippen molar-refractivity contribution in [2.75, 3.05) is 4.90 Å². The molecule has 1 aromatic rings. The number of rotatable bonds is 5. The highest BCUT2D eigenvalue weighted by atomic mass is 35.5. The molecule has 0 radical (unpaired) electrons. The Balaban J connectivity index is 2.03. The lowest BCUT2D eigenvalue weighted by Gasteiger charge is -2.38. The molecule has 0 fully saturated rings. The van der Waals surface area contributed by atoms with E-state index in [4.69, 9.17) is 28.2 Å². The third kappa shape index (κ3) is 3.67. The average molecular weight is 394 g/mol. The summed E-state index contributed by atoms with van der Waals surface area (Å²) >= 11 is 14.5. The predicted molar refractivity (Wildman–Crippen MR) is 113 cm³/mol. The minimum Gasteiger partial charge on any atom is -0.294 e. The van der Waals surface area contributed by atoms with Crippen LogP contribution in [0.1, 0.15) is 33.6 Å². The normalized spacial score (nSPS) is 20.5. The molecule has 6 heteroatoms. The van der Waals surface area contributed by atoms with Gasteiger partial charge in [-0.1, -0.05) is 36.7 Å². The van der Waals surface area contributed by atoms with E-state index in [9.17, 15) is 0 Å². The Labute approximate surface area is 163 Å². The number of hydrogen-bond acceptors (Lipinski definition) is 4. The molecule has 132 valence electrons. The maximum atomic E-state index is 6.45. The maximum Gasteiger partial charge on any atom is 0.172 e. The van der Waals surface area contributed by atoms with Gasteiger partial charge in [0, 0.05) is 16.0 Å². The monoisotopic (exact) mass is 393 g/mol. The molecule has 0 aliphatic carbocycles. The summed E-state index contributed by atoms with van der Waals surface area (Å²) < 4.78 is 0. The quantitative estimate of drug-likeness (QED) is 0.567. The molecule has 25 heavy (non-hydrogen) atoms. The Morgan fingerprint density at radius 3 is 2.88 bits per heavy atom. The first kappa shape index (κ1) is 18.6. The van der Waals surface area contributed by atoms with Crippen molar-refractivity contribution < 1.29 is 0 Å². The molecule has 2 aliphatic rings. The van der Waals surface area contributed by atoms with E-state index in [0.29, 0.717) is 21.3 Å². The molecule has 0 N–H and O–H groups in total. The lowest BCUT2D eigenvalue weighted by atomic mass is 9.99. The molecule has 1 aromatic carbocycles. The number of thioether (sulfide) groups is 1. The zero-order valence-corrected chi connectivity index (χ0v) is 16.9. The van der Waals surface area contributed by atoms with Crippen molar-refractivity contribution in [2.45, 2.75) is 44.9 Å².